The number of nitrogens with zero attached hydrogens (tertiary/aromatic N) is 5. The van der Waals surface area contributed by atoms with E-state index < -0.39 is 51.0 Å². The fourth-order valence-corrected chi connectivity index (χ4v) is 6.52. The van der Waals surface area contributed by atoms with E-state index in [1.165, 1.54) is 16.7 Å². The van der Waals surface area contributed by atoms with E-state index in [-0.39, 0.29) is 64.8 Å². The van der Waals surface area contributed by atoms with Crippen molar-refractivity contribution in [2.45, 2.75) is 39.8 Å². The first-order valence-corrected chi connectivity index (χ1v) is 15.1. The highest BCUT2D eigenvalue weighted by atomic mass is 35.5. The van der Waals surface area contributed by atoms with Gasteiger partial charge in [0.05, 0.1) is 39.4 Å². The van der Waals surface area contributed by atoms with E-state index in [9.17, 15) is 23.6 Å². The van der Waals surface area contributed by atoms with Crippen LogP contribution in [0.1, 0.15) is 33.3 Å². The van der Waals surface area contributed by atoms with Crippen LogP contribution in [0.15, 0.2) is 41.4 Å². The van der Waals surface area contributed by atoms with Crippen LogP contribution in [-0.4, -0.2) is 52.1 Å². The Balaban J connectivity index is 1.91. The van der Waals surface area contributed by atoms with Crippen LogP contribution in [0.25, 0.3) is 28.0 Å². The molecule has 3 N–H and O–H groups in total. The van der Waals surface area contributed by atoms with E-state index in [0.717, 1.165) is 0 Å². The molecule has 1 aromatic carbocycles. The van der Waals surface area contributed by atoms with Crippen molar-refractivity contribution in [1.29, 1.82) is 5.26 Å². The Hall–Kier alpha value is -4.47. The fraction of sp³-hybridized carbons (Fsp3) is 0.312. The Bertz CT molecular complexity index is 1950. The first-order valence-electron chi connectivity index (χ1n) is 14.4. The van der Waals surface area contributed by atoms with E-state index in [2.05, 4.69) is 22.9 Å². The third-order valence-electron chi connectivity index (χ3n) is 8.35. The van der Waals surface area contributed by atoms with E-state index in [0.29, 0.717) is 11.3 Å². The zero-order valence-electron chi connectivity index (χ0n) is 25.4. The summed E-state index contributed by atoms with van der Waals surface area (Å²) in [5.41, 5.74) is 4.24. The highest BCUT2D eigenvalue weighted by Gasteiger charge is 2.34. The summed E-state index contributed by atoms with van der Waals surface area (Å²) in [4.78, 5) is 34.9. The number of anilines is 2. The van der Waals surface area contributed by atoms with Gasteiger partial charge in [0, 0.05) is 31.1 Å². The first kappa shape index (κ1) is 32.9. The maximum Gasteiger partial charge on any atom is 0.276 e. The van der Waals surface area contributed by atoms with Crippen LogP contribution in [0.5, 0.6) is 0 Å². The second kappa shape index (κ2) is 12.4. The smallest absolute Gasteiger partial charge is 0.276 e. The third-order valence-corrected chi connectivity index (χ3v) is 8.97. The lowest BCUT2D eigenvalue weighted by Gasteiger charge is -2.41. The van der Waals surface area contributed by atoms with Crippen molar-refractivity contribution < 1.29 is 18.0 Å². The van der Waals surface area contributed by atoms with Crippen LogP contribution in [-0.2, 0) is 4.79 Å². The number of piperazine rings is 1. The average molecular weight is 673 g/mol. The van der Waals surface area contributed by atoms with Gasteiger partial charge in [0.15, 0.2) is 17.5 Å². The SMILES string of the molecule is C=CC(=O)N1CCN(c2c(C#N)c(=O)n(C3=C(C)C=CNC3C(C)C)c3nc(-c4c(N)c(F)c(Cl)c(F)c4F)c(Cl)cc23)C[C@H]1C. The molecule has 3 aromatic rings. The molecule has 240 valence electrons. The lowest BCUT2D eigenvalue weighted by molar-refractivity contribution is -0.128. The fourth-order valence-electron chi connectivity index (χ4n) is 6.09. The maximum atomic E-state index is 15.4. The predicted molar refractivity (Wildman–Crippen MR) is 174 cm³/mol. The molecule has 1 fully saturated rings. The number of nitrogens with one attached hydrogen (secondary N) is 1. The molecule has 2 aromatic heterocycles. The number of rotatable bonds is 5. The normalized spacial score (nSPS) is 18.3. The molecule has 0 aliphatic carbocycles. The zero-order valence-corrected chi connectivity index (χ0v) is 26.9. The molecule has 0 saturated carbocycles. The highest BCUT2D eigenvalue weighted by molar-refractivity contribution is 6.34. The van der Waals surface area contributed by atoms with Gasteiger partial charge in [-0.25, -0.2) is 18.2 Å². The number of nitrogens with two attached hydrogens (primary N) is 1. The van der Waals surface area contributed by atoms with Crippen LogP contribution < -0.4 is 21.5 Å². The summed E-state index contributed by atoms with van der Waals surface area (Å²) in [7, 11) is 0. The second-order valence-corrected chi connectivity index (χ2v) is 12.3. The third kappa shape index (κ3) is 5.17. The van der Waals surface area contributed by atoms with Crippen molar-refractivity contribution in [1.82, 2.24) is 19.8 Å². The summed E-state index contributed by atoms with van der Waals surface area (Å²) < 4.78 is 46.2. The number of nitrogen functional groups attached to an aromatic ring is 1. The van der Waals surface area contributed by atoms with Crippen molar-refractivity contribution >= 4 is 57.2 Å². The summed E-state index contributed by atoms with van der Waals surface area (Å²) in [5, 5.41) is 12.5. The number of benzene rings is 1. The number of hydrogen-bond donors (Lipinski definition) is 2. The number of carbonyl (C=O) groups is 1. The largest absolute Gasteiger partial charge is 0.396 e. The van der Waals surface area contributed by atoms with Gasteiger partial charge in [0.25, 0.3) is 5.56 Å². The van der Waals surface area contributed by atoms with Crippen molar-refractivity contribution in [2.75, 3.05) is 30.3 Å². The molecule has 14 heteroatoms. The molecule has 1 unspecified atom stereocenters. The van der Waals surface area contributed by atoms with Crippen LogP contribution >= 0.6 is 23.2 Å². The molecule has 1 saturated heterocycles. The van der Waals surface area contributed by atoms with Gasteiger partial charge in [0.2, 0.25) is 5.91 Å². The topological polar surface area (TPSA) is 120 Å². The summed E-state index contributed by atoms with van der Waals surface area (Å²) in [6, 6.07) is 2.67. The van der Waals surface area contributed by atoms with Crippen molar-refractivity contribution in [2.24, 2.45) is 5.92 Å². The van der Waals surface area contributed by atoms with E-state index in [4.69, 9.17) is 28.9 Å². The van der Waals surface area contributed by atoms with E-state index in [1.54, 1.807) is 29.0 Å². The summed E-state index contributed by atoms with van der Waals surface area (Å²) in [6.07, 6.45) is 4.71. The van der Waals surface area contributed by atoms with Crippen molar-refractivity contribution in [3.8, 4) is 17.3 Å². The Kier molecular flexibility index (Phi) is 8.86. The molecule has 5 rings (SSSR count). The number of carbonyl (C=O) groups excluding carboxylic acids is 1. The molecule has 0 bridgehead atoms. The summed E-state index contributed by atoms with van der Waals surface area (Å²) in [5.74, 6) is -4.97. The summed E-state index contributed by atoms with van der Waals surface area (Å²) in [6.45, 7) is 11.8. The Morgan fingerprint density at radius 1 is 1.24 bits per heavy atom. The monoisotopic (exact) mass is 671 g/mol. The second-order valence-electron chi connectivity index (χ2n) is 11.5. The van der Waals surface area contributed by atoms with Gasteiger partial charge in [0.1, 0.15) is 22.3 Å². The minimum atomic E-state index is -1.68. The molecule has 0 spiro atoms. The number of hydrogen-bond acceptors (Lipinski definition) is 7. The summed E-state index contributed by atoms with van der Waals surface area (Å²) >= 11 is 12.3. The Morgan fingerprint density at radius 2 is 1.93 bits per heavy atom. The van der Waals surface area contributed by atoms with Gasteiger partial charge in [-0.2, -0.15) is 5.26 Å². The Labute approximate surface area is 273 Å². The van der Waals surface area contributed by atoms with E-state index in [1.807, 2.05) is 20.8 Å². The molecule has 9 nitrogen and oxygen atoms in total. The molecule has 1 amide bonds. The molecule has 4 heterocycles. The molecule has 46 heavy (non-hydrogen) atoms. The Morgan fingerprint density at radius 3 is 2.54 bits per heavy atom. The molecule has 2 aliphatic heterocycles. The van der Waals surface area contributed by atoms with Crippen LogP contribution in [0.2, 0.25) is 10.0 Å². The quantitative estimate of drug-likeness (QED) is 0.151. The number of fused-ring (bicyclic) bond motifs is 1. The first-order chi connectivity index (χ1) is 21.7. The minimum absolute atomic E-state index is 0.0534. The van der Waals surface area contributed by atoms with Gasteiger partial charge in [-0.05, 0) is 49.8 Å². The molecular formula is C32H30Cl2F3N7O2. The number of allylic oxidation sites excluding steroid dienone is 2. The maximum absolute atomic E-state index is 15.4. The van der Waals surface area contributed by atoms with Crippen LogP contribution in [0.4, 0.5) is 24.5 Å². The zero-order chi connectivity index (χ0) is 33.8. The van der Waals surface area contributed by atoms with Gasteiger partial charge in [-0.15, -0.1) is 0 Å². The van der Waals surface area contributed by atoms with E-state index >= 15 is 4.39 Å². The van der Waals surface area contributed by atoms with Crippen LogP contribution in [0.3, 0.4) is 0 Å². The molecule has 2 atom stereocenters. The highest BCUT2D eigenvalue weighted by Crippen LogP contribution is 2.42. The predicted octanol–water partition coefficient (Wildman–Crippen LogP) is 5.84. The lowest BCUT2D eigenvalue weighted by Crippen LogP contribution is -2.54. The lowest BCUT2D eigenvalue weighted by atomic mass is 9.94. The minimum Gasteiger partial charge on any atom is -0.396 e. The van der Waals surface area contributed by atoms with Crippen LogP contribution in [0, 0.1) is 34.7 Å². The number of amides is 1. The average Bonchev–Trinajstić information content (AvgIpc) is 3.02. The molecular weight excluding hydrogens is 642 g/mol. The van der Waals surface area contributed by atoms with Crippen molar-refractivity contribution in [3.63, 3.8) is 0 Å². The number of halogens is 5. The molecule has 0 radical (unpaired) electrons. The van der Waals surface area contributed by atoms with Gasteiger partial charge in [-0.1, -0.05) is 43.6 Å². The van der Waals surface area contributed by atoms with Crippen molar-refractivity contribution in [3.05, 3.63) is 80.0 Å². The van der Waals surface area contributed by atoms with Gasteiger partial charge in [-0.3, -0.25) is 14.2 Å². The number of dihydropyridines is 1. The van der Waals surface area contributed by atoms with Gasteiger partial charge >= 0.3 is 0 Å². The standard InChI is InChI=1S/C32H30Cl2F3N7O2/c1-6-20(45)43-10-9-42(13-16(43)5)30-17-11-19(33)28(21-23(35)24(36)22(34)25(37)26(21)39)41-31(17)44(32(46)18(30)12-38)29-15(4)7-8-40-27(29)14(2)3/h6-8,11,14,16,27,40H,1,9-10,13,39H2,2-5H3/t16-,27?/m1/s1. The number of pyridine rings is 2. The number of nitriles is 1. The van der Waals surface area contributed by atoms with Gasteiger partial charge < -0.3 is 20.9 Å². The molecule has 2 aliphatic rings. The number of aromatic nitrogens is 2.